The lowest BCUT2D eigenvalue weighted by Crippen LogP contribution is -2.48. The van der Waals surface area contributed by atoms with Crippen molar-refractivity contribution in [3.8, 4) is 0 Å². The summed E-state index contributed by atoms with van der Waals surface area (Å²) in [5, 5.41) is 0. The summed E-state index contributed by atoms with van der Waals surface area (Å²) in [4.78, 5) is 19.5. The third-order valence-corrected chi connectivity index (χ3v) is 7.05. The summed E-state index contributed by atoms with van der Waals surface area (Å²) < 4.78 is 13.9. The first-order valence-corrected chi connectivity index (χ1v) is 12.9. The monoisotopic (exact) mass is 488 g/mol. The van der Waals surface area contributed by atoms with E-state index in [-0.39, 0.29) is 17.8 Å². The van der Waals surface area contributed by atoms with Crippen molar-refractivity contribution < 1.29 is 9.18 Å². The highest BCUT2D eigenvalue weighted by atomic mass is 19.1. The second kappa shape index (κ2) is 12.2. The normalized spacial score (nSPS) is 17.8. The topological polar surface area (TPSA) is 52.8 Å². The minimum Gasteiger partial charge on any atom is -0.399 e. The molecule has 1 unspecified atom stereocenters. The number of nitrogens with two attached hydrogens (primary N) is 1. The van der Waals surface area contributed by atoms with E-state index in [0.29, 0.717) is 18.7 Å². The zero-order valence-corrected chi connectivity index (χ0v) is 21.4. The van der Waals surface area contributed by atoms with E-state index >= 15 is 0 Å². The molecule has 1 fully saturated rings. The number of halogens is 1. The maximum Gasteiger partial charge on any atom is 0.253 e. The van der Waals surface area contributed by atoms with Crippen molar-refractivity contribution in [2.75, 3.05) is 51.5 Å². The van der Waals surface area contributed by atoms with E-state index in [0.717, 1.165) is 61.5 Å². The molecule has 2 aromatic rings. The maximum atomic E-state index is 13.9. The van der Waals surface area contributed by atoms with Crippen molar-refractivity contribution in [3.05, 3.63) is 101 Å². The highest BCUT2D eigenvalue weighted by Crippen LogP contribution is 2.31. The smallest absolute Gasteiger partial charge is 0.253 e. The van der Waals surface area contributed by atoms with E-state index in [1.54, 1.807) is 12.2 Å². The van der Waals surface area contributed by atoms with Crippen LogP contribution in [0, 0.1) is 0 Å². The quantitative estimate of drug-likeness (QED) is 0.519. The Kier molecular flexibility index (Phi) is 8.73. The molecular weight excluding hydrogens is 451 g/mol. The Morgan fingerprint density at radius 2 is 1.75 bits per heavy atom. The second-order valence-corrected chi connectivity index (χ2v) is 9.43. The Morgan fingerprint density at radius 3 is 2.42 bits per heavy atom. The number of piperazine rings is 1. The van der Waals surface area contributed by atoms with Crippen LogP contribution in [0.4, 0.5) is 10.1 Å². The Hall–Kier alpha value is -3.22. The van der Waals surface area contributed by atoms with Crippen molar-refractivity contribution in [3.63, 3.8) is 0 Å². The highest BCUT2D eigenvalue weighted by Gasteiger charge is 2.27. The minimum atomic E-state index is -0.179. The Morgan fingerprint density at radius 1 is 1.03 bits per heavy atom. The van der Waals surface area contributed by atoms with Crippen molar-refractivity contribution in [2.24, 2.45) is 0 Å². The van der Waals surface area contributed by atoms with Gasteiger partial charge in [0, 0.05) is 57.1 Å². The summed E-state index contributed by atoms with van der Waals surface area (Å²) in [5.41, 5.74) is 10.9. The molecule has 36 heavy (non-hydrogen) atoms. The summed E-state index contributed by atoms with van der Waals surface area (Å²) in [7, 11) is 0. The fourth-order valence-electron chi connectivity index (χ4n) is 5.08. The standard InChI is InChI=1S/C30H37FN4O/c1-3-34(4-2)30(36)25-14-12-24(13-15-25)29(26-9-7-11-28(32)21-26)35-18-16-33(17-19-35)22-23-8-5-6-10-27(31)20-23/h6-15,20-21,29H,3-5,16-19,22,32H2,1-2H3. The summed E-state index contributed by atoms with van der Waals surface area (Å²) in [5.74, 6) is -0.115. The van der Waals surface area contributed by atoms with Crippen LogP contribution in [-0.2, 0) is 0 Å². The molecule has 2 N–H and O–H groups in total. The number of benzene rings is 2. The molecule has 0 saturated carbocycles. The van der Waals surface area contributed by atoms with Gasteiger partial charge in [0.1, 0.15) is 5.83 Å². The molecule has 190 valence electrons. The van der Waals surface area contributed by atoms with Crippen LogP contribution in [0.3, 0.4) is 0 Å². The fourth-order valence-corrected chi connectivity index (χ4v) is 5.08. The van der Waals surface area contributed by atoms with Gasteiger partial charge in [-0.05, 0) is 73.4 Å². The van der Waals surface area contributed by atoms with Gasteiger partial charge in [-0.1, -0.05) is 36.4 Å². The molecule has 0 spiro atoms. The number of nitrogen functional groups attached to an aromatic ring is 1. The molecule has 1 atom stereocenters. The number of carbonyl (C=O) groups excluding carboxylic acids is 1. The van der Waals surface area contributed by atoms with Crippen molar-refractivity contribution >= 4 is 11.6 Å². The van der Waals surface area contributed by atoms with E-state index in [9.17, 15) is 9.18 Å². The first-order valence-electron chi connectivity index (χ1n) is 12.9. The molecule has 0 radical (unpaired) electrons. The van der Waals surface area contributed by atoms with E-state index in [4.69, 9.17) is 5.73 Å². The van der Waals surface area contributed by atoms with Crippen LogP contribution in [0.1, 0.15) is 47.8 Å². The van der Waals surface area contributed by atoms with Gasteiger partial charge in [-0.25, -0.2) is 4.39 Å². The average Bonchev–Trinajstić information content (AvgIpc) is 3.10. The van der Waals surface area contributed by atoms with Crippen LogP contribution in [0.2, 0.25) is 0 Å². The van der Waals surface area contributed by atoms with Crippen molar-refractivity contribution in [1.82, 2.24) is 14.7 Å². The van der Waals surface area contributed by atoms with Gasteiger partial charge in [0.25, 0.3) is 5.91 Å². The van der Waals surface area contributed by atoms with Crippen molar-refractivity contribution in [1.29, 1.82) is 0 Å². The lowest BCUT2D eigenvalue weighted by Gasteiger charge is -2.40. The third-order valence-electron chi connectivity index (χ3n) is 7.05. The molecule has 5 nitrogen and oxygen atoms in total. The predicted molar refractivity (Wildman–Crippen MR) is 145 cm³/mol. The van der Waals surface area contributed by atoms with Crippen LogP contribution in [0.5, 0.6) is 0 Å². The van der Waals surface area contributed by atoms with E-state index in [1.807, 2.05) is 55.2 Å². The first kappa shape index (κ1) is 25.9. The van der Waals surface area contributed by atoms with Crippen molar-refractivity contribution in [2.45, 2.75) is 26.3 Å². The molecule has 0 aromatic heterocycles. The average molecular weight is 489 g/mol. The van der Waals surface area contributed by atoms with Gasteiger partial charge >= 0.3 is 0 Å². The maximum absolute atomic E-state index is 13.9. The van der Waals surface area contributed by atoms with Crippen LogP contribution in [0.25, 0.3) is 0 Å². The zero-order chi connectivity index (χ0) is 25.5. The minimum absolute atomic E-state index is 0.0480. The fraction of sp³-hybridized carbons (Fsp3) is 0.367. The molecule has 4 rings (SSSR count). The molecule has 1 amide bonds. The van der Waals surface area contributed by atoms with Gasteiger partial charge in [-0.15, -0.1) is 0 Å². The second-order valence-electron chi connectivity index (χ2n) is 9.43. The number of rotatable bonds is 8. The van der Waals surface area contributed by atoms with Gasteiger partial charge in [0.2, 0.25) is 0 Å². The predicted octanol–water partition coefficient (Wildman–Crippen LogP) is 5.20. The van der Waals surface area contributed by atoms with Crippen LogP contribution >= 0.6 is 0 Å². The van der Waals surface area contributed by atoms with Gasteiger partial charge in [-0.3, -0.25) is 14.6 Å². The van der Waals surface area contributed by atoms with Gasteiger partial charge in [0.05, 0.1) is 6.04 Å². The Balaban J connectivity index is 1.51. The number of allylic oxidation sites excluding steroid dienone is 4. The summed E-state index contributed by atoms with van der Waals surface area (Å²) in [6.07, 6.45) is 7.91. The van der Waals surface area contributed by atoms with Gasteiger partial charge in [0.15, 0.2) is 0 Å². The molecule has 6 heteroatoms. The lowest BCUT2D eigenvalue weighted by atomic mass is 9.95. The Bertz CT molecular complexity index is 1130. The van der Waals surface area contributed by atoms with Gasteiger partial charge in [-0.2, -0.15) is 0 Å². The van der Waals surface area contributed by atoms with Crippen LogP contribution < -0.4 is 5.73 Å². The molecule has 1 saturated heterocycles. The SMILES string of the molecule is CCN(CC)C(=O)c1ccc(C(c2cccc(N)c2)N2CCN(CC3=CCC=CC(F)=C3)CC2)cc1. The number of nitrogens with zero attached hydrogens (tertiary/aromatic N) is 3. The summed E-state index contributed by atoms with van der Waals surface area (Å²) >= 11 is 0. The van der Waals surface area contributed by atoms with E-state index < -0.39 is 0 Å². The van der Waals surface area contributed by atoms with Gasteiger partial charge < -0.3 is 10.6 Å². The number of hydrogen-bond acceptors (Lipinski definition) is 4. The zero-order valence-electron chi connectivity index (χ0n) is 21.4. The number of hydrogen-bond donors (Lipinski definition) is 1. The molecule has 1 aliphatic heterocycles. The van der Waals surface area contributed by atoms with Crippen LogP contribution in [-0.4, -0.2) is 66.4 Å². The van der Waals surface area contributed by atoms with Crippen LogP contribution in [0.15, 0.2) is 84.2 Å². The van der Waals surface area contributed by atoms with E-state index in [2.05, 4.69) is 34.1 Å². The summed E-state index contributed by atoms with van der Waals surface area (Å²) in [6.45, 7) is 9.73. The molecule has 2 aliphatic rings. The first-order chi connectivity index (χ1) is 17.5. The molecule has 1 aliphatic carbocycles. The number of anilines is 1. The number of carbonyl (C=O) groups is 1. The molecular formula is C30H37FN4O. The Labute approximate surface area is 214 Å². The molecule has 1 heterocycles. The summed E-state index contributed by atoms with van der Waals surface area (Å²) in [6, 6.07) is 16.2. The largest absolute Gasteiger partial charge is 0.399 e. The highest BCUT2D eigenvalue weighted by molar-refractivity contribution is 5.94. The molecule has 0 bridgehead atoms. The molecule has 2 aromatic carbocycles. The lowest BCUT2D eigenvalue weighted by molar-refractivity contribution is 0.0773. The third kappa shape index (κ3) is 6.31. The van der Waals surface area contributed by atoms with E-state index in [1.165, 1.54) is 0 Å². The number of amides is 1.